The maximum Gasteiger partial charge on any atom is 0.186 e. The van der Waals surface area contributed by atoms with Crippen molar-refractivity contribution in [2.75, 3.05) is 19.8 Å². The molecule has 0 spiro atoms. The molecule has 0 aromatic carbocycles. The number of hydrogen-bond donors (Lipinski definition) is 11. The molecule has 16 nitrogen and oxygen atoms in total. The summed E-state index contributed by atoms with van der Waals surface area (Å²) < 4.78 is 20.9. The van der Waals surface area contributed by atoms with E-state index in [1.807, 2.05) is 0 Å². The molecule has 0 bridgehead atoms. The fourth-order valence-corrected chi connectivity index (χ4v) is 3.69. The van der Waals surface area contributed by atoms with Crippen LogP contribution in [-0.4, -0.2) is 168 Å². The molecule has 0 unspecified atom stereocenters. The average molecular weight is 532 g/mol. The Labute approximate surface area is 205 Å². The summed E-state index contributed by atoms with van der Waals surface area (Å²) in [6.07, 6.45) is -24.5. The molecule has 2 aliphatic heterocycles. The van der Waals surface area contributed by atoms with Crippen LogP contribution in [0.1, 0.15) is 13.3 Å². The van der Waals surface area contributed by atoms with Gasteiger partial charge in [0.2, 0.25) is 0 Å². The molecule has 2 fully saturated rings. The van der Waals surface area contributed by atoms with Gasteiger partial charge >= 0.3 is 0 Å². The van der Waals surface area contributed by atoms with Crippen LogP contribution in [0.25, 0.3) is 0 Å². The molecular weight excluding hydrogens is 496 g/mol. The van der Waals surface area contributed by atoms with Crippen molar-refractivity contribution in [1.82, 2.24) is 0 Å². The smallest absolute Gasteiger partial charge is 0.186 e. The van der Waals surface area contributed by atoms with Crippen LogP contribution in [-0.2, 0) is 23.7 Å². The van der Waals surface area contributed by atoms with Crippen LogP contribution in [0.15, 0.2) is 0 Å². The van der Waals surface area contributed by atoms with Gasteiger partial charge in [0.05, 0.1) is 19.8 Å². The van der Waals surface area contributed by atoms with Gasteiger partial charge in [0.15, 0.2) is 18.4 Å². The van der Waals surface area contributed by atoms with Gasteiger partial charge in [0.1, 0.15) is 73.2 Å². The first-order valence-corrected chi connectivity index (χ1v) is 11.3. The summed E-state index contributed by atoms with van der Waals surface area (Å²) in [4.78, 5) is 11.5. The van der Waals surface area contributed by atoms with Crippen LogP contribution in [0.2, 0.25) is 0 Å². The van der Waals surface area contributed by atoms with Crippen LogP contribution in [0.5, 0.6) is 0 Å². The summed E-state index contributed by atoms with van der Waals surface area (Å²) in [5, 5.41) is 109. The Hall–Kier alpha value is -0.930. The van der Waals surface area contributed by atoms with Crippen molar-refractivity contribution in [3.63, 3.8) is 0 Å². The molecular formula is C20H36O16. The summed E-state index contributed by atoms with van der Waals surface area (Å²) in [6.45, 7) is -0.705. The molecule has 14 atom stereocenters. The maximum atomic E-state index is 11.5. The number of ether oxygens (including phenoxy) is 4. The molecule has 0 radical (unpaired) electrons. The standard InChI is InChI=1S/C20H36O16/c1-2-6(22)10(24)14(28)11(25)7(23)4-33-19-18(32)16(30)13(27)9(36-19)5-34-20-17(31)15(29)12(26)8(3-21)35-20/h7-21,23-32H,2-5H2,1H3/t7-,8-,9-,10+,11-,12-,13-,14-,15+,16+,17-,18-,19+,20+/m1/s1. The number of aliphatic hydroxyl groups is 11. The van der Waals surface area contributed by atoms with Crippen molar-refractivity contribution < 1.29 is 79.9 Å². The first-order valence-electron chi connectivity index (χ1n) is 11.3. The molecule has 16 heteroatoms. The molecule has 212 valence electrons. The van der Waals surface area contributed by atoms with E-state index in [0.29, 0.717) is 0 Å². The normalized spacial score (nSPS) is 40.9. The van der Waals surface area contributed by atoms with Crippen molar-refractivity contribution >= 4 is 5.78 Å². The monoisotopic (exact) mass is 532 g/mol. The van der Waals surface area contributed by atoms with Crippen molar-refractivity contribution in [3.05, 3.63) is 0 Å². The van der Waals surface area contributed by atoms with Crippen LogP contribution in [0, 0.1) is 0 Å². The molecule has 2 rings (SSSR count). The Kier molecular flexibility index (Phi) is 11.9. The molecule has 0 aromatic heterocycles. The van der Waals surface area contributed by atoms with E-state index < -0.39 is 111 Å². The topological polar surface area (TPSA) is 277 Å². The third-order valence-corrected chi connectivity index (χ3v) is 6.12. The predicted octanol–water partition coefficient (Wildman–Crippen LogP) is -6.95. The van der Waals surface area contributed by atoms with Gasteiger partial charge in [-0.15, -0.1) is 0 Å². The molecule has 2 heterocycles. The third kappa shape index (κ3) is 7.13. The van der Waals surface area contributed by atoms with Crippen LogP contribution >= 0.6 is 0 Å². The summed E-state index contributed by atoms with van der Waals surface area (Å²) in [7, 11) is 0. The van der Waals surface area contributed by atoms with Crippen LogP contribution < -0.4 is 0 Å². The maximum absolute atomic E-state index is 11.5. The summed E-state index contributed by atoms with van der Waals surface area (Å²) in [5.41, 5.74) is 0. The van der Waals surface area contributed by atoms with Crippen molar-refractivity contribution in [2.45, 2.75) is 99.2 Å². The summed E-state index contributed by atoms with van der Waals surface area (Å²) in [5.74, 6) is -0.778. The lowest BCUT2D eigenvalue weighted by Crippen LogP contribution is -2.62. The second kappa shape index (κ2) is 13.7. The summed E-state index contributed by atoms with van der Waals surface area (Å²) >= 11 is 0. The highest BCUT2D eigenvalue weighted by Crippen LogP contribution is 2.26. The van der Waals surface area contributed by atoms with Gasteiger partial charge in [0.25, 0.3) is 0 Å². The molecule has 2 aliphatic rings. The summed E-state index contributed by atoms with van der Waals surface area (Å²) in [6, 6.07) is 0. The fourth-order valence-electron chi connectivity index (χ4n) is 3.69. The van der Waals surface area contributed by atoms with E-state index in [-0.39, 0.29) is 6.42 Å². The Balaban J connectivity index is 1.96. The zero-order valence-electron chi connectivity index (χ0n) is 19.4. The van der Waals surface area contributed by atoms with E-state index in [1.54, 1.807) is 0 Å². The highest BCUT2D eigenvalue weighted by Gasteiger charge is 2.47. The van der Waals surface area contributed by atoms with Crippen LogP contribution in [0.3, 0.4) is 0 Å². The van der Waals surface area contributed by atoms with Crippen molar-refractivity contribution in [1.29, 1.82) is 0 Å². The number of carbonyl (C=O) groups is 1. The lowest BCUT2D eigenvalue weighted by molar-refractivity contribution is -0.333. The SMILES string of the molecule is CCC(=O)[C@H](O)[C@@H](O)[C@H](O)[C@H](O)CO[C@H]1O[C@H](CO[C@H]2O[C@H](CO)[C@@H](O)[C@H](O)[C@H]2O)[C@@H](O)[C@H](O)[C@H]1O. The molecule has 0 amide bonds. The molecule has 0 aliphatic carbocycles. The van der Waals surface area contributed by atoms with E-state index in [2.05, 4.69) is 0 Å². The number of hydrogen-bond acceptors (Lipinski definition) is 16. The predicted molar refractivity (Wildman–Crippen MR) is 112 cm³/mol. The van der Waals surface area contributed by atoms with E-state index in [0.717, 1.165) is 0 Å². The molecule has 0 saturated carbocycles. The Bertz CT molecular complexity index is 680. The highest BCUT2D eigenvalue weighted by atomic mass is 16.7. The molecule has 0 aromatic rings. The number of Topliss-reactive ketones (excluding diaryl/α,β-unsaturated/α-hetero) is 1. The van der Waals surface area contributed by atoms with Gasteiger partial charge < -0.3 is 75.1 Å². The van der Waals surface area contributed by atoms with E-state index in [9.17, 15) is 61.0 Å². The zero-order valence-corrected chi connectivity index (χ0v) is 19.4. The highest BCUT2D eigenvalue weighted by molar-refractivity contribution is 5.83. The van der Waals surface area contributed by atoms with E-state index in [1.165, 1.54) is 6.92 Å². The lowest BCUT2D eigenvalue weighted by atomic mass is 9.98. The van der Waals surface area contributed by atoms with E-state index >= 15 is 0 Å². The minimum atomic E-state index is -2.04. The number of carbonyl (C=O) groups excluding carboxylic acids is 1. The quantitative estimate of drug-likeness (QED) is 0.111. The number of aliphatic hydroxyl groups excluding tert-OH is 11. The lowest BCUT2D eigenvalue weighted by Gasteiger charge is -2.42. The zero-order chi connectivity index (χ0) is 27.3. The largest absolute Gasteiger partial charge is 0.394 e. The Morgan fingerprint density at radius 1 is 0.750 bits per heavy atom. The first-order chi connectivity index (χ1) is 16.8. The Morgan fingerprint density at radius 2 is 1.25 bits per heavy atom. The van der Waals surface area contributed by atoms with Crippen molar-refractivity contribution in [3.8, 4) is 0 Å². The number of ketones is 1. The van der Waals surface area contributed by atoms with Crippen LogP contribution in [0.4, 0.5) is 0 Å². The molecule has 36 heavy (non-hydrogen) atoms. The van der Waals surface area contributed by atoms with Gasteiger partial charge in [-0.25, -0.2) is 0 Å². The van der Waals surface area contributed by atoms with Gasteiger partial charge in [-0.2, -0.15) is 0 Å². The van der Waals surface area contributed by atoms with Gasteiger partial charge in [-0.3, -0.25) is 4.79 Å². The third-order valence-electron chi connectivity index (χ3n) is 6.12. The minimum absolute atomic E-state index is 0.132. The second-order valence-electron chi connectivity index (χ2n) is 8.69. The number of rotatable bonds is 12. The second-order valence-corrected chi connectivity index (χ2v) is 8.69. The molecule has 11 N–H and O–H groups in total. The van der Waals surface area contributed by atoms with Gasteiger partial charge in [-0.1, -0.05) is 6.92 Å². The first kappa shape index (κ1) is 31.3. The van der Waals surface area contributed by atoms with E-state index in [4.69, 9.17) is 18.9 Å². The van der Waals surface area contributed by atoms with Gasteiger partial charge in [-0.05, 0) is 0 Å². The van der Waals surface area contributed by atoms with Crippen molar-refractivity contribution in [2.24, 2.45) is 0 Å². The Morgan fingerprint density at radius 3 is 1.78 bits per heavy atom. The average Bonchev–Trinajstić information content (AvgIpc) is 2.88. The molecule has 2 saturated heterocycles. The van der Waals surface area contributed by atoms with Gasteiger partial charge in [0, 0.05) is 6.42 Å². The minimum Gasteiger partial charge on any atom is -0.394 e. The fraction of sp³-hybridized carbons (Fsp3) is 0.950.